The van der Waals surface area contributed by atoms with Crippen LogP contribution in [0, 0.1) is 23.8 Å². The van der Waals surface area contributed by atoms with Gasteiger partial charge in [-0.2, -0.15) is 0 Å². The Morgan fingerprint density at radius 2 is 1.08 bits per heavy atom. The van der Waals surface area contributed by atoms with Crippen LogP contribution in [-0.2, 0) is 27.2 Å². The lowest BCUT2D eigenvalue weighted by Crippen LogP contribution is -2.59. The molecule has 0 radical (unpaired) electrons. The highest BCUT2D eigenvalue weighted by Crippen LogP contribution is 2.49. The summed E-state index contributed by atoms with van der Waals surface area (Å²) < 4.78 is 42.9. The van der Waals surface area contributed by atoms with Crippen molar-refractivity contribution in [2.45, 2.75) is 205 Å². The highest BCUT2D eigenvalue weighted by Gasteiger charge is 2.63. The monoisotopic (exact) mass is 770 g/mol. The van der Waals surface area contributed by atoms with Crippen LogP contribution in [0.1, 0.15) is 83.1 Å². The SMILES string of the molecule is C#C[C@]1(OCC#C[Si](C)(C)C)O[C@@H]([C@@H](CO[Si](C)(C)C(C)(C)C)O[Si](C)(C)C(C)(C)C)[C@H](O[Si](C)(C)C(C)(C)C)[C@H]1O[Si](C)(C)C(C)(C)C. The molecule has 1 saturated heterocycles. The number of hydrogen-bond donors (Lipinski definition) is 0. The van der Waals surface area contributed by atoms with E-state index in [2.05, 4.69) is 172 Å². The van der Waals surface area contributed by atoms with E-state index in [1.807, 2.05) is 0 Å². The van der Waals surface area contributed by atoms with E-state index < -0.39 is 71.5 Å². The number of rotatable bonds is 12. The van der Waals surface area contributed by atoms with Gasteiger partial charge < -0.3 is 27.2 Å². The Kier molecular flexibility index (Phi) is 14.7. The zero-order chi connectivity index (χ0) is 39.1. The van der Waals surface area contributed by atoms with Gasteiger partial charge in [0.15, 0.2) is 33.3 Å². The standard InChI is InChI=1S/C38H78O6Si5/c1-25-38(39-27-26-28-45(14,15)16)33(44-49(23,24)37(11,12)13)32(43-48(21,22)36(8,9)10)31(41-38)30(42-47(19,20)35(5,6)7)29-40-46(17,18)34(2,3)4/h1,30-33H,27,29H2,2-24H3/t30-,31+,32+,33-,38+/m1/s1. The first-order valence-corrected chi connectivity index (χ1v) is 33.5. The fourth-order valence-corrected chi connectivity index (χ4v) is 9.77. The molecule has 1 fully saturated rings. The average molecular weight is 771 g/mol. The summed E-state index contributed by atoms with van der Waals surface area (Å²) in [5.41, 5.74) is 3.43. The summed E-state index contributed by atoms with van der Waals surface area (Å²) in [5, 5.41) is -0.179. The van der Waals surface area contributed by atoms with Crippen LogP contribution in [0.15, 0.2) is 0 Å². The van der Waals surface area contributed by atoms with Gasteiger partial charge in [0.25, 0.3) is 5.79 Å². The molecular formula is C38H78O6Si5. The zero-order valence-electron chi connectivity index (χ0n) is 36.3. The Labute approximate surface area is 309 Å². The second kappa shape index (κ2) is 15.4. The van der Waals surface area contributed by atoms with Crippen molar-refractivity contribution in [1.82, 2.24) is 0 Å². The van der Waals surface area contributed by atoms with E-state index >= 15 is 0 Å². The molecule has 0 saturated carbocycles. The van der Waals surface area contributed by atoms with Gasteiger partial charge in [-0.1, -0.05) is 109 Å². The van der Waals surface area contributed by atoms with Gasteiger partial charge in [0.2, 0.25) is 0 Å². The topological polar surface area (TPSA) is 55.4 Å². The maximum atomic E-state index is 7.44. The molecule has 6 nitrogen and oxygen atoms in total. The normalized spacial score (nSPS) is 24.3. The van der Waals surface area contributed by atoms with E-state index in [0.29, 0.717) is 6.61 Å². The molecule has 0 aliphatic carbocycles. The van der Waals surface area contributed by atoms with Crippen molar-refractivity contribution in [3.05, 3.63) is 0 Å². The van der Waals surface area contributed by atoms with Crippen LogP contribution in [0.3, 0.4) is 0 Å². The second-order valence-corrected chi connectivity index (χ2v) is 45.2. The lowest BCUT2D eigenvalue weighted by Gasteiger charge is -2.46. The molecule has 1 aliphatic heterocycles. The van der Waals surface area contributed by atoms with E-state index in [-0.39, 0.29) is 26.8 Å². The van der Waals surface area contributed by atoms with Gasteiger partial charge in [-0.25, -0.2) is 0 Å². The summed E-state index contributed by atoms with van der Waals surface area (Å²) in [5.74, 6) is 4.73. The van der Waals surface area contributed by atoms with Gasteiger partial charge in [0.05, 0.1) is 12.7 Å². The molecule has 49 heavy (non-hydrogen) atoms. The first-order valence-electron chi connectivity index (χ1n) is 18.3. The molecule has 11 heteroatoms. The van der Waals surface area contributed by atoms with E-state index in [9.17, 15) is 0 Å². The lowest BCUT2D eigenvalue weighted by molar-refractivity contribution is -0.219. The third kappa shape index (κ3) is 12.0. The molecule has 5 atom stereocenters. The Morgan fingerprint density at radius 1 is 0.653 bits per heavy atom. The smallest absolute Gasteiger partial charge is 0.263 e. The number of terminal acetylenes is 1. The molecule has 0 amide bonds. The largest absolute Gasteiger partial charge is 0.414 e. The Bertz CT molecular complexity index is 1210. The highest BCUT2D eigenvalue weighted by atomic mass is 28.4. The van der Waals surface area contributed by atoms with Gasteiger partial charge in [-0.05, 0) is 78.4 Å². The summed E-state index contributed by atoms with van der Waals surface area (Å²) in [7, 11) is -11.0. The summed E-state index contributed by atoms with van der Waals surface area (Å²) >= 11 is 0. The first-order chi connectivity index (χ1) is 21.4. The van der Waals surface area contributed by atoms with Crippen LogP contribution in [0.2, 0.25) is 92.2 Å². The zero-order valence-corrected chi connectivity index (χ0v) is 41.3. The van der Waals surface area contributed by atoms with Gasteiger partial charge in [-0.15, -0.1) is 12.0 Å². The van der Waals surface area contributed by atoms with E-state index in [4.69, 9.17) is 33.6 Å². The van der Waals surface area contributed by atoms with Crippen molar-refractivity contribution in [3.63, 3.8) is 0 Å². The Balaban J connectivity index is 4.13. The van der Waals surface area contributed by atoms with Crippen molar-refractivity contribution in [2.75, 3.05) is 13.2 Å². The summed E-state index contributed by atoms with van der Waals surface area (Å²) in [6.45, 7) is 52.4. The molecule has 0 aromatic rings. The lowest BCUT2D eigenvalue weighted by atomic mass is 10.0. The van der Waals surface area contributed by atoms with E-state index in [1.165, 1.54) is 0 Å². The third-order valence-electron chi connectivity index (χ3n) is 11.8. The second-order valence-electron chi connectivity index (χ2n) is 21.4. The highest BCUT2D eigenvalue weighted by molar-refractivity contribution is 6.83. The molecule has 1 aliphatic rings. The Morgan fingerprint density at radius 3 is 1.47 bits per heavy atom. The van der Waals surface area contributed by atoms with Crippen LogP contribution in [0.5, 0.6) is 0 Å². The van der Waals surface area contributed by atoms with Crippen LogP contribution in [0.25, 0.3) is 0 Å². The van der Waals surface area contributed by atoms with E-state index in [0.717, 1.165) is 0 Å². The summed E-state index contributed by atoms with van der Waals surface area (Å²) in [6.07, 6.45) is 4.23. The fourth-order valence-electron chi connectivity index (χ4n) is 4.27. The quantitative estimate of drug-likeness (QED) is 0.146. The molecule has 1 rings (SSSR count). The molecule has 1 heterocycles. The van der Waals surface area contributed by atoms with E-state index in [1.54, 1.807) is 0 Å². The van der Waals surface area contributed by atoms with Crippen molar-refractivity contribution in [2.24, 2.45) is 0 Å². The molecule has 0 bridgehead atoms. The van der Waals surface area contributed by atoms with Crippen molar-refractivity contribution >= 4 is 41.3 Å². The predicted octanol–water partition coefficient (Wildman–Crippen LogP) is 10.8. The molecule has 0 unspecified atom stereocenters. The molecule has 0 spiro atoms. The minimum Gasteiger partial charge on any atom is -0.414 e. The maximum Gasteiger partial charge on any atom is 0.263 e. The van der Waals surface area contributed by atoms with Gasteiger partial charge >= 0.3 is 0 Å². The molecule has 0 aromatic carbocycles. The minimum absolute atomic E-state index is 0.0246. The minimum atomic E-state index is -2.44. The summed E-state index contributed by atoms with van der Waals surface area (Å²) in [4.78, 5) is 0. The van der Waals surface area contributed by atoms with Crippen molar-refractivity contribution < 1.29 is 27.2 Å². The van der Waals surface area contributed by atoms with Crippen LogP contribution >= 0.6 is 0 Å². The first kappa shape index (κ1) is 47.0. The summed E-state index contributed by atoms with van der Waals surface area (Å²) in [6, 6.07) is 0. The average Bonchev–Trinajstić information content (AvgIpc) is 3.13. The predicted molar refractivity (Wildman–Crippen MR) is 223 cm³/mol. The van der Waals surface area contributed by atoms with Crippen LogP contribution in [-0.4, -0.2) is 84.8 Å². The number of ether oxygens (including phenoxy) is 2. The molecule has 286 valence electrons. The number of hydrogen-bond acceptors (Lipinski definition) is 6. The van der Waals surface area contributed by atoms with Gasteiger partial charge in [0, 0.05) is 0 Å². The molecule has 0 aromatic heterocycles. The third-order valence-corrected chi connectivity index (χ3v) is 30.7. The Hall–Kier alpha value is -0.0356. The van der Waals surface area contributed by atoms with Gasteiger partial charge in [-0.3, -0.25) is 0 Å². The van der Waals surface area contributed by atoms with Crippen molar-refractivity contribution in [1.29, 1.82) is 0 Å². The van der Waals surface area contributed by atoms with Crippen LogP contribution < -0.4 is 0 Å². The maximum absolute atomic E-state index is 7.44. The van der Waals surface area contributed by atoms with Crippen LogP contribution in [0.4, 0.5) is 0 Å². The molecular weight excluding hydrogens is 693 g/mol. The molecule has 0 N–H and O–H groups in total. The fraction of sp³-hybridized carbons (Fsp3) is 0.895. The van der Waals surface area contributed by atoms with Crippen molar-refractivity contribution in [3.8, 4) is 23.8 Å². The van der Waals surface area contributed by atoms with Gasteiger partial charge in [0.1, 0.15) is 33.0 Å².